The van der Waals surface area contributed by atoms with E-state index < -0.39 is 0 Å². The maximum Gasteiger partial charge on any atom is 0.127 e. The van der Waals surface area contributed by atoms with Crippen LogP contribution in [0.5, 0.6) is 0 Å². The highest BCUT2D eigenvalue weighted by molar-refractivity contribution is 7.18. The van der Waals surface area contributed by atoms with Crippen molar-refractivity contribution >= 4 is 21.6 Å². The Morgan fingerprint density at radius 3 is 2.62 bits per heavy atom. The minimum absolute atomic E-state index is 1.10. The molecule has 0 spiro atoms. The monoisotopic (exact) mass is 228 g/mol. The van der Waals surface area contributed by atoms with Gasteiger partial charge in [0.25, 0.3) is 0 Å². The van der Waals surface area contributed by atoms with Gasteiger partial charge in [-0.1, -0.05) is 18.2 Å². The van der Waals surface area contributed by atoms with Crippen LogP contribution in [-0.2, 0) is 0 Å². The molecule has 0 saturated carbocycles. The number of rotatable bonds is 1. The molecule has 16 heavy (non-hydrogen) atoms. The van der Waals surface area contributed by atoms with Crippen LogP contribution in [0, 0.1) is 13.8 Å². The summed E-state index contributed by atoms with van der Waals surface area (Å²) in [5.74, 6) is 0. The van der Waals surface area contributed by atoms with Crippen molar-refractivity contribution in [2.24, 2.45) is 0 Å². The second kappa shape index (κ2) is 3.46. The number of aromatic nitrogens is 2. The van der Waals surface area contributed by atoms with Gasteiger partial charge >= 0.3 is 0 Å². The molecule has 0 unspecified atom stereocenters. The van der Waals surface area contributed by atoms with Gasteiger partial charge in [-0.3, -0.25) is 0 Å². The van der Waals surface area contributed by atoms with Crippen LogP contribution >= 0.6 is 11.3 Å². The van der Waals surface area contributed by atoms with Gasteiger partial charge in [0.15, 0.2) is 0 Å². The standard InChI is InChI=1S/C13H12N2S/c1-9-8-12-10(2)14-15(13(12)16-9)11-6-4-3-5-7-11/h3-8H,1-2H3. The lowest BCUT2D eigenvalue weighted by atomic mass is 10.3. The van der Waals surface area contributed by atoms with Crippen molar-refractivity contribution in [3.63, 3.8) is 0 Å². The zero-order valence-electron chi connectivity index (χ0n) is 9.27. The van der Waals surface area contributed by atoms with E-state index >= 15 is 0 Å². The van der Waals surface area contributed by atoms with Gasteiger partial charge in [-0.25, -0.2) is 4.68 Å². The topological polar surface area (TPSA) is 17.8 Å². The summed E-state index contributed by atoms with van der Waals surface area (Å²) < 4.78 is 2.03. The SMILES string of the molecule is Cc1cc2c(C)nn(-c3ccccc3)c2s1. The molecular formula is C13H12N2S. The van der Waals surface area contributed by atoms with Crippen molar-refractivity contribution in [3.05, 3.63) is 47.0 Å². The highest BCUT2D eigenvalue weighted by Crippen LogP contribution is 2.29. The lowest BCUT2D eigenvalue weighted by Crippen LogP contribution is -1.94. The minimum Gasteiger partial charge on any atom is -0.223 e. The molecule has 0 radical (unpaired) electrons. The Kier molecular flexibility index (Phi) is 2.07. The third-order valence-corrected chi connectivity index (χ3v) is 3.69. The van der Waals surface area contributed by atoms with E-state index in [0.29, 0.717) is 0 Å². The molecule has 0 saturated heterocycles. The summed E-state index contributed by atoms with van der Waals surface area (Å²) in [7, 11) is 0. The van der Waals surface area contributed by atoms with Crippen LogP contribution in [0.25, 0.3) is 15.9 Å². The van der Waals surface area contributed by atoms with Crippen molar-refractivity contribution in [3.8, 4) is 5.69 Å². The van der Waals surface area contributed by atoms with Crippen LogP contribution in [-0.4, -0.2) is 9.78 Å². The molecular weight excluding hydrogens is 216 g/mol. The fourth-order valence-corrected chi connectivity index (χ4v) is 2.94. The molecule has 3 aromatic rings. The molecule has 1 aromatic carbocycles. The minimum atomic E-state index is 1.10. The van der Waals surface area contributed by atoms with Crippen LogP contribution in [0.4, 0.5) is 0 Å². The molecule has 2 aromatic heterocycles. The zero-order chi connectivity index (χ0) is 11.1. The van der Waals surface area contributed by atoms with E-state index in [0.717, 1.165) is 11.4 Å². The van der Waals surface area contributed by atoms with Crippen molar-refractivity contribution < 1.29 is 0 Å². The quantitative estimate of drug-likeness (QED) is 0.621. The molecule has 3 rings (SSSR count). The number of para-hydroxylation sites is 1. The first-order chi connectivity index (χ1) is 7.75. The van der Waals surface area contributed by atoms with Crippen LogP contribution < -0.4 is 0 Å². The summed E-state index contributed by atoms with van der Waals surface area (Å²) in [5.41, 5.74) is 2.23. The van der Waals surface area contributed by atoms with Gasteiger partial charge in [-0.15, -0.1) is 11.3 Å². The van der Waals surface area contributed by atoms with E-state index in [4.69, 9.17) is 0 Å². The smallest absolute Gasteiger partial charge is 0.127 e. The molecule has 0 aliphatic rings. The summed E-state index contributed by atoms with van der Waals surface area (Å²) in [6, 6.07) is 12.5. The van der Waals surface area contributed by atoms with Gasteiger partial charge in [0.1, 0.15) is 4.83 Å². The Morgan fingerprint density at radius 1 is 1.12 bits per heavy atom. The Morgan fingerprint density at radius 2 is 1.88 bits per heavy atom. The van der Waals surface area contributed by atoms with Crippen molar-refractivity contribution in [2.75, 3.05) is 0 Å². The average Bonchev–Trinajstić information content (AvgIpc) is 2.80. The third kappa shape index (κ3) is 1.36. The van der Waals surface area contributed by atoms with Gasteiger partial charge in [0.05, 0.1) is 11.4 Å². The van der Waals surface area contributed by atoms with Crippen LogP contribution in [0.15, 0.2) is 36.4 Å². The van der Waals surface area contributed by atoms with Gasteiger partial charge < -0.3 is 0 Å². The summed E-state index contributed by atoms with van der Waals surface area (Å²) >= 11 is 1.79. The Bertz CT molecular complexity index is 635. The molecule has 0 aliphatic heterocycles. The summed E-state index contributed by atoms with van der Waals surface area (Å²) in [5, 5.41) is 5.86. The number of aryl methyl sites for hydroxylation is 2. The lowest BCUT2D eigenvalue weighted by molar-refractivity contribution is 0.894. The first-order valence-corrected chi connectivity index (χ1v) is 6.08. The molecule has 0 fully saturated rings. The van der Waals surface area contributed by atoms with E-state index in [2.05, 4.69) is 37.1 Å². The molecule has 0 N–H and O–H groups in total. The van der Waals surface area contributed by atoms with Gasteiger partial charge in [-0.2, -0.15) is 5.10 Å². The summed E-state index contributed by atoms with van der Waals surface area (Å²) in [6.07, 6.45) is 0. The number of benzene rings is 1. The van der Waals surface area contributed by atoms with Crippen LogP contribution in [0.1, 0.15) is 10.6 Å². The largest absolute Gasteiger partial charge is 0.223 e. The lowest BCUT2D eigenvalue weighted by Gasteiger charge is -2.00. The summed E-state index contributed by atoms with van der Waals surface area (Å²) in [4.78, 5) is 2.57. The fraction of sp³-hybridized carbons (Fsp3) is 0.154. The summed E-state index contributed by atoms with van der Waals surface area (Å²) in [6.45, 7) is 4.20. The predicted octanol–water partition coefficient (Wildman–Crippen LogP) is 3.70. The van der Waals surface area contributed by atoms with Crippen molar-refractivity contribution in [2.45, 2.75) is 13.8 Å². The third-order valence-electron chi connectivity index (χ3n) is 2.67. The molecule has 0 bridgehead atoms. The van der Waals surface area contributed by atoms with Gasteiger partial charge in [0, 0.05) is 10.3 Å². The number of hydrogen-bond donors (Lipinski definition) is 0. The van der Waals surface area contributed by atoms with Gasteiger partial charge in [-0.05, 0) is 32.0 Å². The number of fused-ring (bicyclic) bond motifs is 1. The molecule has 3 heteroatoms. The van der Waals surface area contributed by atoms with E-state index in [1.165, 1.54) is 15.1 Å². The second-order valence-corrected chi connectivity index (χ2v) is 5.14. The van der Waals surface area contributed by atoms with Gasteiger partial charge in [0.2, 0.25) is 0 Å². The van der Waals surface area contributed by atoms with E-state index in [1.807, 2.05) is 22.9 Å². The second-order valence-electron chi connectivity index (χ2n) is 3.91. The Balaban J connectivity index is 2.32. The Hall–Kier alpha value is -1.61. The highest BCUT2D eigenvalue weighted by atomic mass is 32.1. The number of thiophene rings is 1. The number of nitrogens with zero attached hydrogens (tertiary/aromatic N) is 2. The maximum absolute atomic E-state index is 4.59. The first kappa shape index (κ1) is 9.60. The fourth-order valence-electron chi connectivity index (χ4n) is 1.91. The van der Waals surface area contributed by atoms with E-state index in [9.17, 15) is 0 Å². The first-order valence-electron chi connectivity index (χ1n) is 5.27. The number of hydrogen-bond acceptors (Lipinski definition) is 2. The molecule has 2 heterocycles. The highest BCUT2D eigenvalue weighted by Gasteiger charge is 2.11. The van der Waals surface area contributed by atoms with Crippen LogP contribution in [0.3, 0.4) is 0 Å². The molecule has 0 aliphatic carbocycles. The van der Waals surface area contributed by atoms with Crippen molar-refractivity contribution in [1.82, 2.24) is 9.78 Å². The maximum atomic E-state index is 4.59. The normalized spacial score (nSPS) is 11.1. The molecule has 0 amide bonds. The predicted molar refractivity (Wildman–Crippen MR) is 68.4 cm³/mol. The van der Waals surface area contributed by atoms with E-state index in [-0.39, 0.29) is 0 Å². The zero-order valence-corrected chi connectivity index (χ0v) is 10.1. The van der Waals surface area contributed by atoms with Crippen molar-refractivity contribution in [1.29, 1.82) is 0 Å². The molecule has 2 nitrogen and oxygen atoms in total. The Labute approximate surface area is 98.1 Å². The molecule has 80 valence electrons. The molecule has 0 atom stereocenters. The van der Waals surface area contributed by atoms with Crippen LogP contribution in [0.2, 0.25) is 0 Å². The average molecular weight is 228 g/mol. The van der Waals surface area contributed by atoms with E-state index in [1.54, 1.807) is 11.3 Å².